The molecule has 2 aromatic carbocycles. The van der Waals surface area contributed by atoms with Crippen LogP contribution in [-0.2, 0) is 11.4 Å². The number of carbonyl (C=O) groups excluding carboxylic acids is 1. The molecular formula is C23H22Br2N2O2. The van der Waals surface area contributed by atoms with E-state index in [1.807, 2.05) is 48.5 Å². The highest BCUT2D eigenvalue weighted by Crippen LogP contribution is 2.35. The Morgan fingerprint density at radius 1 is 1.17 bits per heavy atom. The lowest BCUT2D eigenvalue weighted by atomic mass is 9.95. The minimum atomic E-state index is -0.329. The fraction of sp³-hybridized carbons (Fsp3) is 0.304. The number of nitriles is 1. The third-order valence-corrected chi connectivity index (χ3v) is 5.92. The molecule has 0 aliphatic heterocycles. The summed E-state index contributed by atoms with van der Waals surface area (Å²) in [6, 6.07) is 15.8. The van der Waals surface area contributed by atoms with Crippen LogP contribution in [0.3, 0.4) is 0 Å². The van der Waals surface area contributed by atoms with Crippen LogP contribution in [0, 0.1) is 11.3 Å². The van der Waals surface area contributed by atoms with E-state index < -0.39 is 0 Å². The molecule has 1 fully saturated rings. The van der Waals surface area contributed by atoms with Gasteiger partial charge >= 0.3 is 0 Å². The first-order chi connectivity index (χ1) is 14.1. The average molecular weight is 518 g/mol. The van der Waals surface area contributed by atoms with Crippen molar-refractivity contribution in [2.45, 2.75) is 44.8 Å². The lowest BCUT2D eigenvalue weighted by molar-refractivity contribution is -0.117. The third-order valence-electron chi connectivity index (χ3n) is 4.87. The highest BCUT2D eigenvalue weighted by Gasteiger charge is 2.19. The van der Waals surface area contributed by atoms with Crippen molar-refractivity contribution in [1.82, 2.24) is 5.32 Å². The van der Waals surface area contributed by atoms with Gasteiger partial charge in [0, 0.05) is 16.1 Å². The molecule has 0 atom stereocenters. The van der Waals surface area contributed by atoms with Crippen molar-refractivity contribution in [2.24, 2.45) is 0 Å². The monoisotopic (exact) mass is 516 g/mol. The number of benzene rings is 2. The molecule has 1 aliphatic rings. The Morgan fingerprint density at radius 2 is 1.90 bits per heavy atom. The minimum absolute atomic E-state index is 0.0742. The van der Waals surface area contributed by atoms with Gasteiger partial charge in [0.2, 0.25) is 0 Å². The maximum atomic E-state index is 12.6. The van der Waals surface area contributed by atoms with Gasteiger partial charge in [-0.15, -0.1) is 0 Å². The zero-order valence-corrected chi connectivity index (χ0v) is 19.1. The maximum absolute atomic E-state index is 12.6. The average Bonchev–Trinajstić information content (AvgIpc) is 2.72. The Hall–Kier alpha value is -2.10. The Kier molecular flexibility index (Phi) is 7.91. The van der Waals surface area contributed by atoms with Gasteiger partial charge in [-0.25, -0.2) is 0 Å². The maximum Gasteiger partial charge on any atom is 0.262 e. The van der Waals surface area contributed by atoms with E-state index in [4.69, 9.17) is 4.74 Å². The summed E-state index contributed by atoms with van der Waals surface area (Å²) in [5.41, 5.74) is 1.77. The lowest BCUT2D eigenvalue weighted by Gasteiger charge is -2.22. The van der Waals surface area contributed by atoms with Crippen molar-refractivity contribution < 1.29 is 9.53 Å². The predicted molar refractivity (Wildman–Crippen MR) is 121 cm³/mol. The summed E-state index contributed by atoms with van der Waals surface area (Å²) in [5, 5.41) is 12.6. The van der Waals surface area contributed by atoms with Crippen LogP contribution in [0.4, 0.5) is 0 Å². The molecular weight excluding hydrogens is 496 g/mol. The number of ether oxygens (including phenoxy) is 1. The molecule has 0 unspecified atom stereocenters. The lowest BCUT2D eigenvalue weighted by Crippen LogP contribution is -2.36. The van der Waals surface area contributed by atoms with Gasteiger partial charge in [0.1, 0.15) is 24.0 Å². The molecule has 0 saturated heterocycles. The first kappa shape index (κ1) is 21.6. The number of nitrogens with one attached hydrogen (secondary N) is 1. The van der Waals surface area contributed by atoms with Gasteiger partial charge < -0.3 is 10.1 Å². The Bertz CT molecular complexity index is 930. The molecule has 0 heterocycles. The van der Waals surface area contributed by atoms with Crippen LogP contribution >= 0.6 is 31.9 Å². The van der Waals surface area contributed by atoms with Crippen LogP contribution < -0.4 is 10.1 Å². The Labute approximate surface area is 188 Å². The molecule has 2 aromatic rings. The predicted octanol–water partition coefficient (Wildman–Crippen LogP) is 6.15. The Balaban J connectivity index is 1.83. The molecule has 0 aromatic heterocycles. The molecule has 29 heavy (non-hydrogen) atoms. The van der Waals surface area contributed by atoms with Crippen molar-refractivity contribution in [1.29, 1.82) is 5.26 Å². The van der Waals surface area contributed by atoms with Gasteiger partial charge in [0.05, 0.1) is 4.47 Å². The number of amides is 1. The molecule has 150 valence electrons. The molecule has 0 bridgehead atoms. The normalized spacial score (nSPS) is 14.9. The van der Waals surface area contributed by atoms with E-state index >= 15 is 0 Å². The van der Waals surface area contributed by atoms with Gasteiger partial charge in [-0.05, 0) is 52.5 Å². The highest BCUT2D eigenvalue weighted by atomic mass is 79.9. The second-order valence-corrected chi connectivity index (χ2v) is 8.83. The molecule has 1 aliphatic carbocycles. The van der Waals surface area contributed by atoms with Crippen molar-refractivity contribution in [2.75, 3.05) is 0 Å². The topological polar surface area (TPSA) is 62.1 Å². The van der Waals surface area contributed by atoms with Crippen LogP contribution in [0.25, 0.3) is 6.08 Å². The number of rotatable bonds is 6. The molecule has 1 amide bonds. The molecule has 6 heteroatoms. The second-order valence-electron chi connectivity index (χ2n) is 7.06. The van der Waals surface area contributed by atoms with Gasteiger partial charge in [-0.1, -0.05) is 65.5 Å². The third kappa shape index (κ3) is 6.19. The minimum Gasteiger partial charge on any atom is -0.487 e. The van der Waals surface area contributed by atoms with Crippen molar-refractivity contribution in [3.63, 3.8) is 0 Å². The SMILES string of the molecule is N#C/C(=C\c1cc(Br)cc(Br)c1OCc1ccccc1)C(=O)NC1CCCCC1. The Morgan fingerprint density at radius 3 is 2.59 bits per heavy atom. The van der Waals surface area contributed by atoms with Crippen molar-refractivity contribution in [3.05, 3.63) is 68.1 Å². The van der Waals surface area contributed by atoms with Crippen LogP contribution in [0.1, 0.15) is 43.2 Å². The van der Waals surface area contributed by atoms with E-state index in [1.54, 1.807) is 6.08 Å². The zero-order valence-electron chi connectivity index (χ0n) is 16.0. The van der Waals surface area contributed by atoms with Crippen LogP contribution in [0.15, 0.2) is 57.0 Å². The summed E-state index contributed by atoms with van der Waals surface area (Å²) in [6.07, 6.45) is 6.98. The van der Waals surface area contributed by atoms with Crippen molar-refractivity contribution >= 4 is 43.8 Å². The highest BCUT2D eigenvalue weighted by molar-refractivity contribution is 9.11. The van der Waals surface area contributed by atoms with E-state index in [9.17, 15) is 10.1 Å². The number of nitrogens with zero attached hydrogens (tertiary/aromatic N) is 1. The van der Waals surface area contributed by atoms with Crippen LogP contribution in [0.2, 0.25) is 0 Å². The number of hydrogen-bond donors (Lipinski definition) is 1. The quantitative estimate of drug-likeness (QED) is 0.369. The van der Waals surface area contributed by atoms with E-state index in [0.29, 0.717) is 17.9 Å². The fourth-order valence-corrected chi connectivity index (χ4v) is 4.76. The summed E-state index contributed by atoms with van der Waals surface area (Å²) >= 11 is 7.01. The molecule has 0 radical (unpaired) electrons. The smallest absolute Gasteiger partial charge is 0.262 e. The summed E-state index contributed by atoms with van der Waals surface area (Å²) in [6.45, 7) is 0.387. The van der Waals surface area contributed by atoms with Crippen molar-refractivity contribution in [3.8, 4) is 11.8 Å². The fourth-order valence-electron chi connectivity index (χ4n) is 3.38. The standard InChI is InChI=1S/C23H22Br2N2O2/c24-19-12-17(11-18(14-26)23(28)27-20-9-5-2-6-10-20)22(21(25)13-19)29-15-16-7-3-1-4-8-16/h1,3-4,7-8,11-13,20H,2,5-6,9-10,15H2,(H,27,28)/b18-11+. The van der Waals surface area contributed by atoms with Crippen LogP contribution in [-0.4, -0.2) is 11.9 Å². The first-order valence-electron chi connectivity index (χ1n) is 9.65. The number of carbonyl (C=O) groups is 1. The molecule has 0 spiro atoms. The number of hydrogen-bond acceptors (Lipinski definition) is 3. The molecule has 4 nitrogen and oxygen atoms in total. The second kappa shape index (κ2) is 10.6. The molecule has 3 rings (SSSR count). The summed E-state index contributed by atoms with van der Waals surface area (Å²) in [5.74, 6) is 0.264. The largest absolute Gasteiger partial charge is 0.487 e. The molecule has 1 saturated carbocycles. The van der Waals surface area contributed by atoms with Crippen LogP contribution in [0.5, 0.6) is 5.75 Å². The van der Waals surface area contributed by atoms with E-state index in [-0.39, 0.29) is 17.5 Å². The van der Waals surface area contributed by atoms with Gasteiger partial charge in [-0.3, -0.25) is 4.79 Å². The van der Waals surface area contributed by atoms with Gasteiger partial charge in [0.25, 0.3) is 5.91 Å². The zero-order chi connectivity index (χ0) is 20.6. The number of halogens is 2. The molecule has 1 N–H and O–H groups in total. The van der Waals surface area contributed by atoms with Gasteiger partial charge in [0.15, 0.2) is 0 Å². The van der Waals surface area contributed by atoms with E-state index in [1.165, 1.54) is 6.42 Å². The summed E-state index contributed by atoms with van der Waals surface area (Å²) in [7, 11) is 0. The van der Waals surface area contributed by atoms with Gasteiger partial charge in [-0.2, -0.15) is 5.26 Å². The summed E-state index contributed by atoms with van der Waals surface area (Å²) < 4.78 is 7.61. The van der Waals surface area contributed by atoms with E-state index in [2.05, 4.69) is 37.2 Å². The first-order valence-corrected chi connectivity index (χ1v) is 11.2. The van der Waals surface area contributed by atoms with E-state index in [0.717, 1.165) is 40.2 Å². The summed E-state index contributed by atoms with van der Waals surface area (Å²) in [4.78, 5) is 12.6.